The van der Waals surface area contributed by atoms with Crippen LogP contribution in [-0.4, -0.2) is 52.3 Å². The summed E-state index contributed by atoms with van der Waals surface area (Å²) in [7, 11) is 0. The number of halogens is 3. The Morgan fingerprint density at radius 3 is 2.29 bits per heavy atom. The maximum absolute atomic E-state index is 15.2. The van der Waals surface area contributed by atoms with Crippen LogP contribution in [0.4, 0.5) is 8.78 Å². The smallest absolute Gasteiger partial charge is 0.226 e. The van der Waals surface area contributed by atoms with E-state index in [0.717, 1.165) is 50.3 Å². The minimum atomic E-state index is -0.604. The first-order chi connectivity index (χ1) is 19.9. The predicted molar refractivity (Wildman–Crippen MR) is 162 cm³/mol. The van der Waals surface area contributed by atoms with Crippen molar-refractivity contribution < 1.29 is 18.4 Å². The van der Waals surface area contributed by atoms with Gasteiger partial charge in [0, 0.05) is 54.0 Å². The van der Waals surface area contributed by atoms with Crippen molar-refractivity contribution in [3.63, 3.8) is 0 Å². The Morgan fingerprint density at radius 2 is 1.69 bits per heavy atom. The summed E-state index contributed by atoms with van der Waals surface area (Å²) in [6.07, 6.45) is 5.01. The molecule has 0 spiro atoms. The highest BCUT2D eigenvalue weighted by Crippen LogP contribution is 2.47. The maximum atomic E-state index is 15.2. The number of likely N-dealkylation sites (tertiary alicyclic amines) is 1. The Labute approximate surface area is 254 Å². The summed E-state index contributed by atoms with van der Waals surface area (Å²) in [4.78, 5) is 30.8. The van der Waals surface area contributed by atoms with E-state index in [1.165, 1.54) is 24.6 Å². The van der Waals surface area contributed by atoms with Crippen molar-refractivity contribution in [3.8, 4) is 0 Å². The molecule has 3 heterocycles. The van der Waals surface area contributed by atoms with Gasteiger partial charge in [0.1, 0.15) is 11.6 Å². The molecule has 5 nitrogen and oxygen atoms in total. The lowest BCUT2D eigenvalue weighted by atomic mass is 9.76. The average Bonchev–Trinajstić information content (AvgIpc) is 3.19. The third-order valence-electron chi connectivity index (χ3n) is 9.88. The van der Waals surface area contributed by atoms with Crippen LogP contribution in [0.3, 0.4) is 0 Å². The highest BCUT2D eigenvalue weighted by Gasteiger charge is 2.48. The molecule has 2 aromatic carbocycles. The van der Waals surface area contributed by atoms with Gasteiger partial charge in [-0.25, -0.2) is 8.78 Å². The summed E-state index contributed by atoms with van der Waals surface area (Å²) < 4.78 is 29.0. The van der Waals surface area contributed by atoms with Crippen LogP contribution in [0.1, 0.15) is 108 Å². The Balaban J connectivity index is 1.41. The molecule has 2 aromatic rings. The monoisotopic (exact) mass is 599 g/mol. The summed E-state index contributed by atoms with van der Waals surface area (Å²) in [6.45, 7) is 11.3. The number of nitrogens with one attached hydrogen (secondary N) is 1. The summed E-state index contributed by atoms with van der Waals surface area (Å²) in [5, 5.41) is 3.73. The zero-order chi connectivity index (χ0) is 30.3. The number of hydrogen-bond acceptors (Lipinski definition) is 3. The first-order valence-corrected chi connectivity index (χ1v) is 15.8. The first kappa shape index (κ1) is 30.9. The molecule has 2 amide bonds. The van der Waals surface area contributed by atoms with Crippen LogP contribution < -0.4 is 5.32 Å². The van der Waals surface area contributed by atoms with Gasteiger partial charge in [0.25, 0.3) is 0 Å². The number of carbonyl (C=O) groups excluding carboxylic acids is 2. The first-order valence-electron chi connectivity index (χ1n) is 15.5. The standard InChI is InChI=1S/C34H44ClF2N3O2/c1-6-32(38-20(2)41)29-17-22(35)7-11-26(29)21-15-24-9-10-25(16-21)40(24)33(42)28-13-14-39(34(3,4)5)19-30(28)27-12-8-23(36)18-31(27)37/h7-8,11-12,17-18,21,24-25,28,30,32H,6,9-10,13-16,19H2,1-5H3,(H,38,41)/t21?,24-,25+,28-,30+,32?/m1/s1. The third kappa shape index (κ3) is 6.23. The van der Waals surface area contributed by atoms with Gasteiger partial charge < -0.3 is 10.2 Å². The number of nitrogens with zero attached hydrogens (tertiary/aromatic N) is 2. The fourth-order valence-electron chi connectivity index (χ4n) is 7.82. The van der Waals surface area contributed by atoms with Crippen LogP contribution >= 0.6 is 11.6 Å². The normalized spacial score (nSPS) is 27.1. The lowest BCUT2D eigenvalue weighted by Crippen LogP contribution is -2.55. The zero-order valence-corrected chi connectivity index (χ0v) is 26.2. The lowest BCUT2D eigenvalue weighted by molar-refractivity contribution is -0.143. The second-order valence-corrected chi connectivity index (χ2v) is 14.0. The Morgan fingerprint density at radius 1 is 1.02 bits per heavy atom. The van der Waals surface area contributed by atoms with Crippen LogP contribution in [0.15, 0.2) is 36.4 Å². The minimum Gasteiger partial charge on any atom is -0.350 e. The molecular formula is C34H44ClF2N3O2. The Hall–Kier alpha value is -2.51. The van der Waals surface area contributed by atoms with Crippen LogP contribution in [0.5, 0.6) is 0 Å². The number of piperidine rings is 2. The molecule has 3 fully saturated rings. The van der Waals surface area contributed by atoms with Gasteiger partial charge in [0.05, 0.1) is 6.04 Å². The lowest BCUT2D eigenvalue weighted by Gasteiger charge is -2.47. The van der Waals surface area contributed by atoms with E-state index in [4.69, 9.17) is 11.6 Å². The summed E-state index contributed by atoms with van der Waals surface area (Å²) in [5.74, 6) is -1.56. The molecule has 3 saturated heterocycles. The molecule has 42 heavy (non-hydrogen) atoms. The van der Waals surface area contributed by atoms with Crippen LogP contribution in [-0.2, 0) is 9.59 Å². The number of rotatable bonds is 6. The van der Waals surface area contributed by atoms with E-state index >= 15 is 4.39 Å². The van der Waals surface area contributed by atoms with Gasteiger partial charge >= 0.3 is 0 Å². The fraction of sp³-hybridized carbons (Fsp3) is 0.588. The summed E-state index contributed by atoms with van der Waals surface area (Å²) in [5.41, 5.74) is 2.57. The van der Waals surface area contributed by atoms with Gasteiger partial charge in [-0.15, -0.1) is 0 Å². The van der Waals surface area contributed by atoms with E-state index in [0.29, 0.717) is 23.6 Å². The van der Waals surface area contributed by atoms with E-state index in [-0.39, 0.29) is 53.2 Å². The van der Waals surface area contributed by atoms with Crippen LogP contribution in [0.2, 0.25) is 5.02 Å². The van der Waals surface area contributed by atoms with Gasteiger partial charge in [-0.05, 0) is 107 Å². The van der Waals surface area contributed by atoms with Gasteiger partial charge in [0.15, 0.2) is 0 Å². The van der Waals surface area contributed by atoms with Crippen molar-refractivity contribution in [2.24, 2.45) is 5.92 Å². The van der Waals surface area contributed by atoms with Crippen molar-refractivity contribution in [2.45, 2.75) is 109 Å². The molecule has 0 saturated carbocycles. The predicted octanol–water partition coefficient (Wildman–Crippen LogP) is 7.35. The van der Waals surface area contributed by atoms with Gasteiger partial charge in [-0.2, -0.15) is 0 Å². The summed E-state index contributed by atoms with van der Waals surface area (Å²) >= 11 is 6.42. The van der Waals surface area contributed by atoms with Gasteiger partial charge in [0.2, 0.25) is 11.8 Å². The van der Waals surface area contributed by atoms with Crippen molar-refractivity contribution in [1.82, 2.24) is 15.1 Å². The van der Waals surface area contributed by atoms with E-state index < -0.39 is 11.6 Å². The van der Waals surface area contributed by atoms with Crippen molar-refractivity contribution in [2.75, 3.05) is 13.1 Å². The van der Waals surface area contributed by atoms with E-state index in [1.54, 1.807) is 0 Å². The Bertz CT molecular complexity index is 1310. The molecule has 1 N–H and O–H groups in total. The molecule has 0 aliphatic carbocycles. The summed E-state index contributed by atoms with van der Waals surface area (Å²) in [6, 6.07) is 9.89. The van der Waals surface area contributed by atoms with Crippen LogP contribution in [0, 0.1) is 17.6 Å². The zero-order valence-electron chi connectivity index (χ0n) is 25.4. The van der Waals surface area contributed by atoms with Crippen molar-refractivity contribution in [3.05, 3.63) is 69.7 Å². The number of carbonyl (C=O) groups is 2. The van der Waals surface area contributed by atoms with E-state index in [1.807, 2.05) is 12.1 Å². The molecule has 3 aliphatic rings. The quantitative estimate of drug-likeness (QED) is 0.378. The fourth-order valence-corrected chi connectivity index (χ4v) is 8.00. The molecule has 0 aromatic heterocycles. The van der Waals surface area contributed by atoms with Gasteiger partial charge in [-0.3, -0.25) is 14.5 Å². The molecule has 2 bridgehead atoms. The van der Waals surface area contributed by atoms with Crippen molar-refractivity contribution >= 4 is 23.4 Å². The average molecular weight is 600 g/mol. The number of benzene rings is 2. The second kappa shape index (κ2) is 12.2. The second-order valence-electron chi connectivity index (χ2n) is 13.5. The van der Waals surface area contributed by atoms with E-state index in [2.05, 4.69) is 48.9 Å². The van der Waals surface area contributed by atoms with Crippen molar-refractivity contribution in [1.29, 1.82) is 0 Å². The minimum absolute atomic E-state index is 0.0714. The molecule has 3 aliphatic heterocycles. The molecule has 5 rings (SSSR count). The number of amides is 2. The molecule has 2 unspecified atom stereocenters. The molecule has 8 heteroatoms. The largest absolute Gasteiger partial charge is 0.350 e. The van der Waals surface area contributed by atoms with Crippen LogP contribution in [0.25, 0.3) is 0 Å². The molecule has 0 radical (unpaired) electrons. The highest BCUT2D eigenvalue weighted by atomic mass is 35.5. The maximum Gasteiger partial charge on any atom is 0.226 e. The highest BCUT2D eigenvalue weighted by molar-refractivity contribution is 6.30. The Kier molecular flexibility index (Phi) is 9.01. The molecule has 228 valence electrons. The van der Waals surface area contributed by atoms with Gasteiger partial charge in [-0.1, -0.05) is 30.7 Å². The molecular weight excluding hydrogens is 556 g/mol. The number of fused-ring (bicyclic) bond motifs is 2. The number of hydrogen-bond donors (Lipinski definition) is 1. The SMILES string of the molecule is CCC(NC(C)=O)c1cc(Cl)ccc1C1C[C@H]2CC[C@@H](C1)N2C(=O)[C@@H]1CCN(C(C)(C)C)C[C@H]1c1ccc(F)cc1F. The third-order valence-corrected chi connectivity index (χ3v) is 10.1. The van der Waals surface area contributed by atoms with E-state index in [9.17, 15) is 14.0 Å². The molecule has 6 atom stereocenters. The topological polar surface area (TPSA) is 52.7 Å².